The van der Waals surface area contributed by atoms with Gasteiger partial charge in [-0.15, -0.1) is 0 Å². The second-order valence-electron chi connectivity index (χ2n) is 5.46. The normalized spacial score (nSPS) is 19.1. The molecule has 1 aliphatic heterocycles. The SMILES string of the molecule is COCC1CCCN(c2cc(C)nc(C)c2C(=O)O)C1. The molecule has 1 N–H and O–H groups in total. The van der Waals surface area contributed by atoms with E-state index in [0.717, 1.165) is 43.9 Å². The minimum absolute atomic E-state index is 0.327. The van der Waals surface area contributed by atoms with Crippen LogP contribution < -0.4 is 4.90 Å². The van der Waals surface area contributed by atoms with Crippen LogP contribution in [0.4, 0.5) is 5.69 Å². The van der Waals surface area contributed by atoms with Crippen molar-refractivity contribution in [3.05, 3.63) is 23.0 Å². The fraction of sp³-hybridized carbons (Fsp3) is 0.600. The lowest BCUT2D eigenvalue weighted by molar-refractivity contribution is 0.0696. The molecule has 0 spiro atoms. The number of carbonyl (C=O) groups is 1. The van der Waals surface area contributed by atoms with Crippen molar-refractivity contribution >= 4 is 11.7 Å². The highest BCUT2D eigenvalue weighted by molar-refractivity contribution is 5.95. The van der Waals surface area contributed by atoms with E-state index in [-0.39, 0.29) is 0 Å². The summed E-state index contributed by atoms with van der Waals surface area (Å²) in [5.41, 5.74) is 2.56. The van der Waals surface area contributed by atoms with Gasteiger partial charge in [0.25, 0.3) is 0 Å². The first-order valence-electron chi connectivity index (χ1n) is 6.98. The van der Waals surface area contributed by atoms with Gasteiger partial charge in [-0.1, -0.05) is 0 Å². The Balaban J connectivity index is 2.33. The maximum absolute atomic E-state index is 11.5. The van der Waals surface area contributed by atoms with Crippen molar-refractivity contribution in [2.75, 3.05) is 31.7 Å². The summed E-state index contributed by atoms with van der Waals surface area (Å²) in [7, 11) is 1.71. The monoisotopic (exact) mass is 278 g/mol. The predicted octanol–water partition coefficient (Wildman–Crippen LogP) is 2.26. The molecule has 0 bridgehead atoms. The second kappa shape index (κ2) is 6.22. The summed E-state index contributed by atoms with van der Waals surface area (Å²) >= 11 is 0. The summed E-state index contributed by atoms with van der Waals surface area (Å²) < 4.78 is 5.24. The average molecular weight is 278 g/mol. The molecule has 1 fully saturated rings. The summed E-state index contributed by atoms with van der Waals surface area (Å²) in [5.74, 6) is -0.442. The third kappa shape index (κ3) is 3.10. The van der Waals surface area contributed by atoms with Gasteiger partial charge in [0.2, 0.25) is 0 Å². The lowest BCUT2D eigenvalue weighted by Crippen LogP contribution is -2.38. The molecule has 20 heavy (non-hydrogen) atoms. The van der Waals surface area contributed by atoms with Crippen LogP contribution in [0.25, 0.3) is 0 Å². The molecule has 1 saturated heterocycles. The molecule has 0 saturated carbocycles. The Morgan fingerprint density at radius 1 is 1.55 bits per heavy atom. The Hall–Kier alpha value is -1.62. The van der Waals surface area contributed by atoms with Crippen LogP contribution in [0.2, 0.25) is 0 Å². The van der Waals surface area contributed by atoms with E-state index in [2.05, 4.69) is 9.88 Å². The Labute approximate surface area is 119 Å². The van der Waals surface area contributed by atoms with Crippen molar-refractivity contribution in [2.45, 2.75) is 26.7 Å². The van der Waals surface area contributed by atoms with Gasteiger partial charge in [0, 0.05) is 25.9 Å². The van der Waals surface area contributed by atoms with E-state index in [1.54, 1.807) is 14.0 Å². The van der Waals surface area contributed by atoms with Crippen LogP contribution in [0.15, 0.2) is 6.07 Å². The van der Waals surface area contributed by atoms with Gasteiger partial charge in [-0.2, -0.15) is 0 Å². The van der Waals surface area contributed by atoms with E-state index in [4.69, 9.17) is 4.74 Å². The van der Waals surface area contributed by atoms with E-state index < -0.39 is 5.97 Å². The van der Waals surface area contributed by atoms with Gasteiger partial charge < -0.3 is 14.7 Å². The van der Waals surface area contributed by atoms with Crippen LogP contribution in [-0.2, 0) is 4.74 Å². The Bertz CT molecular complexity index is 500. The number of aromatic carboxylic acids is 1. The van der Waals surface area contributed by atoms with Crippen molar-refractivity contribution < 1.29 is 14.6 Å². The summed E-state index contributed by atoms with van der Waals surface area (Å²) in [6.07, 6.45) is 2.20. The molecule has 1 aliphatic rings. The van der Waals surface area contributed by atoms with Crippen molar-refractivity contribution in [3.8, 4) is 0 Å². The number of nitrogens with zero attached hydrogens (tertiary/aromatic N) is 2. The zero-order valence-corrected chi connectivity index (χ0v) is 12.3. The van der Waals surface area contributed by atoms with Gasteiger partial charge in [-0.05, 0) is 38.7 Å². The quantitative estimate of drug-likeness (QED) is 0.915. The summed E-state index contributed by atoms with van der Waals surface area (Å²) in [6, 6.07) is 1.88. The molecule has 5 heteroatoms. The van der Waals surface area contributed by atoms with Crippen LogP contribution in [0, 0.1) is 19.8 Å². The van der Waals surface area contributed by atoms with Crippen LogP contribution >= 0.6 is 0 Å². The van der Waals surface area contributed by atoms with Gasteiger partial charge in [-0.3, -0.25) is 4.98 Å². The molecule has 0 aromatic carbocycles. The van der Waals surface area contributed by atoms with Crippen molar-refractivity contribution in [2.24, 2.45) is 5.92 Å². The zero-order chi connectivity index (χ0) is 14.7. The third-order valence-corrected chi connectivity index (χ3v) is 3.78. The molecule has 2 heterocycles. The summed E-state index contributed by atoms with van der Waals surface area (Å²) in [5, 5.41) is 9.45. The van der Waals surface area contributed by atoms with Gasteiger partial charge in [0.1, 0.15) is 5.56 Å². The molecule has 1 unspecified atom stereocenters. The van der Waals surface area contributed by atoms with Gasteiger partial charge in [0.15, 0.2) is 0 Å². The van der Waals surface area contributed by atoms with Gasteiger partial charge in [-0.25, -0.2) is 4.79 Å². The number of carboxylic acid groups (broad SMARTS) is 1. The number of anilines is 1. The molecular weight excluding hydrogens is 256 g/mol. The van der Waals surface area contributed by atoms with E-state index >= 15 is 0 Å². The molecule has 2 rings (SSSR count). The maximum atomic E-state index is 11.5. The Morgan fingerprint density at radius 3 is 2.95 bits per heavy atom. The number of hydrogen-bond donors (Lipinski definition) is 1. The summed E-state index contributed by atoms with van der Waals surface area (Å²) in [4.78, 5) is 18.0. The summed E-state index contributed by atoms with van der Waals surface area (Å²) in [6.45, 7) is 6.12. The highest BCUT2D eigenvalue weighted by Gasteiger charge is 2.25. The second-order valence-corrected chi connectivity index (χ2v) is 5.46. The average Bonchev–Trinajstić information content (AvgIpc) is 2.38. The molecule has 1 aromatic heterocycles. The first kappa shape index (κ1) is 14.8. The van der Waals surface area contributed by atoms with Crippen LogP contribution in [0.3, 0.4) is 0 Å². The van der Waals surface area contributed by atoms with Crippen molar-refractivity contribution in [1.82, 2.24) is 4.98 Å². The fourth-order valence-corrected chi connectivity index (χ4v) is 2.98. The largest absolute Gasteiger partial charge is 0.478 e. The number of rotatable bonds is 4. The lowest BCUT2D eigenvalue weighted by atomic mass is 9.97. The van der Waals surface area contributed by atoms with Crippen LogP contribution in [-0.4, -0.2) is 42.9 Å². The zero-order valence-electron chi connectivity index (χ0n) is 12.3. The minimum atomic E-state index is -0.904. The molecule has 1 atom stereocenters. The third-order valence-electron chi connectivity index (χ3n) is 3.78. The van der Waals surface area contributed by atoms with E-state index in [1.807, 2.05) is 13.0 Å². The number of aryl methyl sites for hydroxylation is 2. The number of pyridine rings is 1. The number of carboxylic acids is 1. The van der Waals surface area contributed by atoms with Crippen LogP contribution in [0.5, 0.6) is 0 Å². The highest BCUT2D eigenvalue weighted by Crippen LogP contribution is 2.28. The van der Waals surface area contributed by atoms with Crippen LogP contribution in [0.1, 0.15) is 34.6 Å². The smallest absolute Gasteiger partial charge is 0.339 e. The van der Waals surface area contributed by atoms with E-state index in [9.17, 15) is 9.90 Å². The standard InChI is InChI=1S/C15H22N2O3/c1-10-7-13(14(15(18)19)11(2)16-10)17-6-4-5-12(8-17)9-20-3/h7,12H,4-6,8-9H2,1-3H3,(H,18,19). The number of hydrogen-bond acceptors (Lipinski definition) is 4. The molecule has 1 aromatic rings. The molecule has 110 valence electrons. The first-order valence-corrected chi connectivity index (χ1v) is 6.98. The molecule has 0 amide bonds. The Morgan fingerprint density at radius 2 is 2.30 bits per heavy atom. The van der Waals surface area contributed by atoms with E-state index in [0.29, 0.717) is 17.2 Å². The number of methoxy groups -OCH3 is 1. The molecular formula is C15H22N2O3. The Kier molecular flexibility index (Phi) is 4.60. The number of aromatic nitrogens is 1. The highest BCUT2D eigenvalue weighted by atomic mass is 16.5. The first-order chi connectivity index (χ1) is 9.52. The van der Waals surface area contributed by atoms with Crippen molar-refractivity contribution in [1.29, 1.82) is 0 Å². The van der Waals surface area contributed by atoms with Gasteiger partial charge in [0.05, 0.1) is 18.0 Å². The topological polar surface area (TPSA) is 62.7 Å². The number of piperidine rings is 1. The van der Waals surface area contributed by atoms with E-state index in [1.165, 1.54) is 0 Å². The molecule has 0 radical (unpaired) electrons. The maximum Gasteiger partial charge on any atom is 0.339 e. The lowest BCUT2D eigenvalue weighted by Gasteiger charge is -2.35. The van der Waals surface area contributed by atoms with Crippen molar-refractivity contribution in [3.63, 3.8) is 0 Å². The minimum Gasteiger partial charge on any atom is -0.478 e. The molecule has 5 nitrogen and oxygen atoms in total. The number of ether oxygens (including phenoxy) is 1. The fourth-order valence-electron chi connectivity index (χ4n) is 2.98. The van der Waals surface area contributed by atoms with Gasteiger partial charge >= 0.3 is 5.97 Å². The predicted molar refractivity (Wildman–Crippen MR) is 77.5 cm³/mol. The molecule has 0 aliphatic carbocycles.